The Morgan fingerprint density at radius 2 is 1.54 bits per heavy atom. The van der Waals surface area contributed by atoms with E-state index in [2.05, 4.69) is 13.8 Å². The number of hydrogen-bond donors (Lipinski definition) is 4. The molecule has 1 aliphatic carbocycles. The van der Waals surface area contributed by atoms with E-state index in [-0.39, 0.29) is 5.92 Å². The number of allylic oxidation sites excluding steroid dienone is 1. The molecule has 0 unspecified atom stereocenters. The first-order chi connectivity index (χ1) is 10.8. The van der Waals surface area contributed by atoms with Crippen molar-refractivity contribution >= 4 is 0 Å². The van der Waals surface area contributed by atoms with Gasteiger partial charge in [-0.2, -0.15) is 0 Å². The normalized spacial score (nSPS) is 45.6. The molecule has 0 aromatic rings. The molecule has 0 spiro atoms. The van der Waals surface area contributed by atoms with Crippen molar-refractivity contribution < 1.29 is 20.4 Å². The van der Waals surface area contributed by atoms with Crippen LogP contribution in [-0.2, 0) is 0 Å². The van der Waals surface area contributed by atoms with Crippen LogP contribution in [-0.4, -0.2) is 43.3 Å². The first-order valence-electron chi connectivity index (χ1n) is 9.07. The third kappa shape index (κ3) is 7.06. The van der Waals surface area contributed by atoms with Crippen LogP contribution in [0.3, 0.4) is 0 Å². The zero-order valence-corrected chi connectivity index (χ0v) is 15.9. The molecule has 0 amide bonds. The van der Waals surface area contributed by atoms with Crippen LogP contribution in [0.5, 0.6) is 0 Å². The van der Waals surface area contributed by atoms with Gasteiger partial charge in [-0.15, -0.1) is 0 Å². The largest absolute Gasteiger partial charge is 0.390 e. The lowest BCUT2D eigenvalue weighted by Crippen LogP contribution is -2.41. The lowest BCUT2D eigenvalue weighted by Gasteiger charge is -2.33. The van der Waals surface area contributed by atoms with Gasteiger partial charge in [-0.05, 0) is 64.7 Å². The van der Waals surface area contributed by atoms with E-state index in [1.54, 1.807) is 32.9 Å². The van der Waals surface area contributed by atoms with Gasteiger partial charge in [-0.3, -0.25) is 0 Å². The molecule has 5 atom stereocenters. The minimum Gasteiger partial charge on any atom is -0.390 e. The van der Waals surface area contributed by atoms with E-state index in [0.717, 1.165) is 6.42 Å². The van der Waals surface area contributed by atoms with Crippen molar-refractivity contribution in [3.63, 3.8) is 0 Å². The van der Waals surface area contributed by atoms with E-state index in [4.69, 9.17) is 0 Å². The molecule has 0 aromatic carbocycles. The molecule has 0 fully saturated rings. The fourth-order valence-corrected chi connectivity index (χ4v) is 3.05. The van der Waals surface area contributed by atoms with E-state index >= 15 is 0 Å². The standard InChI is InChI=1S/C20H36O4/c1-15(2)16-7-12-18(3,22)10-6-11-19(4,23)13-9-17(21)20(5,24)14-8-16/h6-7,11-12,15-17,21-24H,8-10,13-14H2,1-5H3/b11-6+,12-7+/t16-,17-,18-,19+,20-/m0/s1. The van der Waals surface area contributed by atoms with Crippen LogP contribution < -0.4 is 0 Å². The monoisotopic (exact) mass is 340 g/mol. The zero-order chi connectivity index (χ0) is 18.6. The van der Waals surface area contributed by atoms with E-state index < -0.39 is 22.9 Å². The van der Waals surface area contributed by atoms with E-state index in [1.165, 1.54) is 0 Å². The van der Waals surface area contributed by atoms with Crippen molar-refractivity contribution in [1.82, 2.24) is 0 Å². The summed E-state index contributed by atoms with van der Waals surface area (Å²) in [4.78, 5) is 0. The molecule has 0 heterocycles. The fraction of sp³-hybridized carbons (Fsp3) is 0.800. The highest BCUT2D eigenvalue weighted by Crippen LogP contribution is 2.30. The summed E-state index contributed by atoms with van der Waals surface area (Å²) in [5, 5.41) is 41.8. The highest BCUT2D eigenvalue weighted by Gasteiger charge is 2.33. The summed E-state index contributed by atoms with van der Waals surface area (Å²) < 4.78 is 0. The van der Waals surface area contributed by atoms with Crippen LogP contribution in [0.2, 0.25) is 0 Å². The van der Waals surface area contributed by atoms with Crippen LogP contribution >= 0.6 is 0 Å². The SMILES string of the molecule is CC(C)[C@H]1/C=C/[C@@](C)(O)C/C=C/[C@@](C)(O)CC[C@H](O)[C@@](C)(O)CC1. The van der Waals surface area contributed by atoms with Crippen LogP contribution in [0.15, 0.2) is 24.3 Å². The first kappa shape index (κ1) is 21.4. The molecule has 24 heavy (non-hydrogen) atoms. The minimum atomic E-state index is -1.19. The van der Waals surface area contributed by atoms with Crippen molar-refractivity contribution in [3.8, 4) is 0 Å². The third-order valence-electron chi connectivity index (χ3n) is 5.19. The van der Waals surface area contributed by atoms with Gasteiger partial charge < -0.3 is 20.4 Å². The Labute approximate surface area is 146 Å². The van der Waals surface area contributed by atoms with Gasteiger partial charge in [0, 0.05) is 0 Å². The maximum Gasteiger partial charge on any atom is 0.0877 e. The van der Waals surface area contributed by atoms with Gasteiger partial charge >= 0.3 is 0 Å². The van der Waals surface area contributed by atoms with Crippen molar-refractivity contribution in [1.29, 1.82) is 0 Å². The minimum absolute atomic E-state index is 0.227. The van der Waals surface area contributed by atoms with Gasteiger partial charge in [0.1, 0.15) is 0 Å². The summed E-state index contributed by atoms with van der Waals surface area (Å²) in [5.41, 5.74) is -3.22. The predicted molar refractivity (Wildman–Crippen MR) is 97.6 cm³/mol. The summed E-state index contributed by atoms with van der Waals surface area (Å²) in [7, 11) is 0. The fourth-order valence-electron chi connectivity index (χ4n) is 3.05. The average molecular weight is 341 g/mol. The van der Waals surface area contributed by atoms with Gasteiger partial charge in [0.25, 0.3) is 0 Å². The summed E-state index contributed by atoms with van der Waals surface area (Å²) in [6, 6.07) is 0. The average Bonchev–Trinajstić information content (AvgIpc) is 2.42. The number of hydrogen-bond acceptors (Lipinski definition) is 4. The number of rotatable bonds is 1. The molecule has 140 valence electrons. The molecular weight excluding hydrogens is 304 g/mol. The topological polar surface area (TPSA) is 80.9 Å². The van der Waals surface area contributed by atoms with Gasteiger partial charge in [-0.1, -0.05) is 38.2 Å². The van der Waals surface area contributed by atoms with Crippen molar-refractivity contribution in [2.24, 2.45) is 11.8 Å². The van der Waals surface area contributed by atoms with Crippen molar-refractivity contribution in [2.75, 3.05) is 0 Å². The Morgan fingerprint density at radius 1 is 0.917 bits per heavy atom. The molecule has 0 aliphatic heterocycles. The molecule has 0 saturated carbocycles. The predicted octanol–water partition coefficient (Wildman–Crippen LogP) is 2.95. The Hall–Kier alpha value is -0.680. The summed E-state index contributed by atoms with van der Waals surface area (Å²) >= 11 is 0. The Balaban J connectivity index is 3.06. The number of aliphatic hydroxyl groups excluding tert-OH is 1. The quantitative estimate of drug-likeness (QED) is 0.553. The van der Waals surface area contributed by atoms with Crippen molar-refractivity contribution in [3.05, 3.63) is 24.3 Å². The Kier molecular flexibility index (Phi) is 7.24. The van der Waals surface area contributed by atoms with Gasteiger partial charge in [0.05, 0.1) is 22.9 Å². The van der Waals surface area contributed by atoms with Crippen LogP contribution in [0.4, 0.5) is 0 Å². The number of aliphatic hydroxyl groups is 4. The smallest absolute Gasteiger partial charge is 0.0877 e. The van der Waals surface area contributed by atoms with Crippen molar-refractivity contribution in [2.45, 2.75) is 89.6 Å². The Morgan fingerprint density at radius 3 is 2.12 bits per heavy atom. The molecule has 4 N–H and O–H groups in total. The molecule has 0 radical (unpaired) electrons. The lowest BCUT2D eigenvalue weighted by atomic mass is 9.81. The molecule has 4 heteroatoms. The van der Waals surface area contributed by atoms with Crippen LogP contribution in [0.1, 0.15) is 66.7 Å². The van der Waals surface area contributed by atoms with Gasteiger partial charge in [-0.25, -0.2) is 0 Å². The lowest BCUT2D eigenvalue weighted by molar-refractivity contribution is -0.0793. The van der Waals surface area contributed by atoms with E-state index in [9.17, 15) is 20.4 Å². The van der Waals surface area contributed by atoms with E-state index in [1.807, 2.05) is 12.2 Å². The van der Waals surface area contributed by atoms with Gasteiger partial charge in [0.2, 0.25) is 0 Å². The summed E-state index contributed by atoms with van der Waals surface area (Å²) in [6.07, 6.45) is 8.72. The maximum atomic E-state index is 10.6. The second-order valence-electron chi connectivity index (χ2n) is 8.54. The molecule has 0 saturated heterocycles. The maximum absolute atomic E-state index is 10.6. The van der Waals surface area contributed by atoms with E-state index in [0.29, 0.717) is 31.6 Å². The molecule has 0 bridgehead atoms. The highest BCUT2D eigenvalue weighted by molar-refractivity contribution is 5.08. The zero-order valence-electron chi connectivity index (χ0n) is 15.9. The van der Waals surface area contributed by atoms with Gasteiger partial charge in [0.15, 0.2) is 0 Å². The second-order valence-corrected chi connectivity index (χ2v) is 8.54. The second kappa shape index (κ2) is 8.13. The molecule has 1 rings (SSSR count). The molecule has 0 aromatic heterocycles. The summed E-state index contributed by atoms with van der Waals surface area (Å²) in [5.74, 6) is 0.611. The van der Waals surface area contributed by atoms with Crippen LogP contribution in [0, 0.1) is 11.8 Å². The summed E-state index contributed by atoms with van der Waals surface area (Å²) in [6.45, 7) is 9.33. The van der Waals surface area contributed by atoms with Crippen LogP contribution in [0.25, 0.3) is 0 Å². The Bertz CT molecular complexity index is 447. The molecule has 4 nitrogen and oxygen atoms in total. The third-order valence-corrected chi connectivity index (χ3v) is 5.19. The highest BCUT2D eigenvalue weighted by atomic mass is 16.3. The molecule has 1 aliphatic rings. The molecular formula is C20H36O4. The first-order valence-corrected chi connectivity index (χ1v) is 9.07.